The molecule has 0 amide bonds. The molecule has 0 atom stereocenters. The third-order valence-corrected chi connectivity index (χ3v) is 3.65. The summed E-state index contributed by atoms with van der Waals surface area (Å²) in [5.74, 6) is 2.34. The number of nitrogens with zero attached hydrogens (tertiary/aromatic N) is 2. The van der Waals surface area contributed by atoms with Crippen LogP contribution in [0, 0.1) is 13.8 Å². The van der Waals surface area contributed by atoms with Crippen LogP contribution in [0.5, 0.6) is 5.75 Å². The van der Waals surface area contributed by atoms with E-state index in [0.29, 0.717) is 12.4 Å². The van der Waals surface area contributed by atoms with E-state index in [1.807, 2.05) is 45.0 Å². The van der Waals surface area contributed by atoms with Gasteiger partial charge in [-0.1, -0.05) is 15.9 Å². The Morgan fingerprint density at radius 2 is 2.00 bits per heavy atom. The normalized spacial score (nSPS) is 10.4. The van der Waals surface area contributed by atoms with E-state index in [-0.39, 0.29) is 0 Å². The number of halogens is 1. The molecule has 0 aliphatic carbocycles. The van der Waals surface area contributed by atoms with E-state index in [1.54, 1.807) is 0 Å². The minimum Gasteiger partial charge on any atom is -0.486 e. The van der Waals surface area contributed by atoms with Gasteiger partial charge in [0.25, 0.3) is 0 Å². The second-order valence-electron chi connectivity index (χ2n) is 4.54. The van der Waals surface area contributed by atoms with E-state index in [0.717, 1.165) is 33.8 Å². The van der Waals surface area contributed by atoms with E-state index in [1.165, 1.54) is 0 Å². The fourth-order valence-electron chi connectivity index (χ4n) is 1.82. The number of aromatic nitrogens is 2. The Bertz CT molecular complexity index is 602. The van der Waals surface area contributed by atoms with Crippen LogP contribution >= 0.6 is 15.9 Å². The monoisotopic (exact) mass is 335 g/mol. The van der Waals surface area contributed by atoms with Crippen LogP contribution in [0.2, 0.25) is 0 Å². The van der Waals surface area contributed by atoms with Crippen LogP contribution in [0.3, 0.4) is 0 Å². The number of anilines is 1. The highest BCUT2D eigenvalue weighted by molar-refractivity contribution is 9.10. The molecule has 0 radical (unpaired) electrons. The SMILES string of the molecule is CCNc1cc(C)nc(COc2ccc(Br)c(C)c2)n1. The highest BCUT2D eigenvalue weighted by atomic mass is 79.9. The van der Waals surface area contributed by atoms with Crippen molar-refractivity contribution >= 4 is 21.7 Å². The minimum absolute atomic E-state index is 0.362. The third-order valence-electron chi connectivity index (χ3n) is 2.76. The molecule has 1 aromatic heterocycles. The van der Waals surface area contributed by atoms with Crippen LogP contribution in [-0.2, 0) is 6.61 Å². The number of benzene rings is 1. The third kappa shape index (κ3) is 3.93. The molecule has 0 aliphatic heterocycles. The lowest BCUT2D eigenvalue weighted by atomic mass is 10.2. The molecule has 0 fully saturated rings. The highest BCUT2D eigenvalue weighted by Crippen LogP contribution is 2.22. The fraction of sp³-hybridized carbons (Fsp3) is 0.333. The first-order valence-corrected chi connectivity index (χ1v) is 7.35. The summed E-state index contributed by atoms with van der Waals surface area (Å²) < 4.78 is 6.82. The van der Waals surface area contributed by atoms with Crippen molar-refractivity contribution in [2.45, 2.75) is 27.4 Å². The molecule has 1 heterocycles. The zero-order valence-electron chi connectivity index (χ0n) is 11.9. The summed E-state index contributed by atoms with van der Waals surface area (Å²) >= 11 is 3.47. The number of hydrogen-bond donors (Lipinski definition) is 1. The number of ether oxygens (including phenoxy) is 1. The molecule has 106 valence electrons. The fourth-order valence-corrected chi connectivity index (χ4v) is 2.07. The summed E-state index contributed by atoms with van der Waals surface area (Å²) in [6.45, 7) is 7.22. The first-order valence-electron chi connectivity index (χ1n) is 6.56. The Morgan fingerprint density at radius 3 is 2.70 bits per heavy atom. The lowest BCUT2D eigenvalue weighted by molar-refractivity contribution is 0.295. The second-order valence-corrected chi connectivity index (χ2v) is 5.40. The molecule has 1 N–H and O–H groups in total. The largest absolute Gasteiger partial charge is 0.486 e. The molecule has 2 aromatic rings. The van der Waals surface area contributed by atoms with Crippen molar-refractivity contribution in [2.24, 2.45) is 0 Å². The van der Waals surface area contributed by atoms with Gasteiger partial charge in [-0.05, 0) is 44.5 Å². The van der Waals surface area contributed by atoms with Crippen molar-refractivity contribution in [3.63, 3.8) is 0 Å². The van der Waals surface area contributed by atoms with Crippen molar-refractivity contribution in [3.8, 4) is 5.75 Å². The van der Waals surface area contributed by atoms with Crippen LogP contribution in [0.1, 0.15) is 24.0 Å². The van der Waals surface area contributed by atoms with E-state index in [9.17, 15) is 0 Å². The molecule has 4 nitrogen and oxygen atoms in total. The molecule has 20 heavy (non-hydrogen) atoms. The Balaban J connectivity index is 2.08. The maximum atomic E-state index is 5.74. The van der Waals surface area contributed by atoms with Gasteiger partial charge < -0.3 is 10.1 Å². The average molecular weight is 336 g/mol. The predicted molar refractivity (Wildman–Crippen MR) is 84.1 cm³/mol. The average Bonchev–Trinajstić information content (AvgIpc) is 2.40. The van der Waals surface area contributed by atoms with Gasteiger partial charge >= 0.3 is 0 Å². The first-order chi connectivity index (χ1) is 9.58. The maximum absolute atomic E-state index is 5.74. The summed E-state index contributed by atoms with van der Waals surface area (Å²) in [4.78, 5) is 8.81. The number of hydrogen-bond acceptors (Lipinski definition) is 4. The van der Waals surface area contributed by atoms with Crippen molar-refractivity contribution in [2.75, 3.05) is 11.9 Å². The molecule has 1 aromatic carbocycles. The van der Waals surface area contributed by atoms with Crippen LogP contribution in [0.4, 0.5) is 5.82 Å². The summed E-state index contributed by atoms with van der Waals surface area (Å²) in [5.41, 5.74) is 2.07. The molecule has 0 unspecified atom stereocenters. The van der Waals surface area contributed by atoms with E-state index in [2.05, 4.69) is 31.2 Å². The standard InChI is InChI=1S/C15H18BrN3O/c1-4-17-14-8-11(3)18-15(19-14)9-20-12-5-6-13(16)10(2)7-12/h5-8H,4,9H2,1-3H3,(H,17,18,19). The summed E-state index contributed by atoms with van der Waals surface area (Å²) in [6.07, 6.45) is 0. The predicted octanol–water partition coefficient (Wildman–Crippen LogP) is 3.87. The number of aryl methyl sites for hydroxylation is 2. The van der Waals surface area contributed by atoms with Crippen molar-refractivity contribution in [1.29, 1.82) is 0 Å². The molecule has 0 bridgehead atoms. The number of rotatable bonds is 5. The Kier molecular flexibility index (Phi) is 4.95. The van der Waals surface area contributed by atoms with Gasteiger partial charge in [0.15, 0.2) is 5.82 Å². The summed E-state index contributed by atoms with van der Waals surface area (Å²) in [6, 6.07) is 7.83. The Hall–Kier alpha value is -1.62. The molecule has 0 aliphatic rings. The summed E-state index contributed by atoms with van der Waals surface area (Å²) in [5, 5.41) is 3.19. The molecule has 0 saturated heterocycles. The van der Waals surface area contributed by atoms with Crippen molar-refractivity contribution in [1.82, 2.24) is 9.97 Å². The van der Waals surface area contributed by atoms with Crippen LogP contribution in [0.15, 0.2) is 28.7 Å². The molecule has 2 rings (SSSR count). The van der Waals surface area contributed by atoms with Gasteiger partial charge in [-0.25, -0.2) is 9.97 Å². The molecule has 0 saturated carbocycles. The zero-order chi connectivity index (χ0) is 14.5. The quantitative estimate of drug-likeness (QED) is 0.900. The minimum atomic E-state index is 0.362. The van der Waals surface area contributed by atoms with Gasteiger partial charge in [-0.2, -0.15) is 0 Å². The van der Waals surface area contributed by atoms with E-state index < -0.39 is 0 Å². The van der Waals surface area contributed by atoms with Crippen LogP contribution < -0.4 is 10.1 Å². The Morgan fingerprint density at radius 1 is 1.20 bits per heavy atom. The van der Waals surface area contributed by atoms with Crippen molar-refractivity contribution < 1.29 is 4.74 Å². The van der Waals surface area contributed by atoms with Crippen LogP contribution in [-0.4, -0.2) is 16.5 Å². The van der Waals surface area contributed by atoms with Crippen molar-refractivity contribution in [3.05, 3.63) is 45.8 Å². The first kappa shape index (κ1) is 14.8. The molecular weight excluding hydrogens is 318 g/mol. The van der Waals surface area contributed by atoms with Crippen LogP contribution in [0.25, 0.3) is 0 Å². The van der Waals surface area contributed by atoms with Gasteiger partial charge in [0.1, 0.15) is 18.2 Å². The lowest BCUT2D eigenvalue weighted by Gasteiger charge is -2.09. The zero-order valence-corrected chi connectivity index (χ0v) is 13.5. The lowest BCUT2D eigenvalue weighted by Crippen LogP contribution is -2.07. The summed E-state index contributed by atoms with van der Waals surface area (Å²) in [7, 11) is 0. The van der Waals surface area contributed by atoms with E-state index in [4.69, 9.17) is 4.74 Å². The van der Waals surface area contributed by atoms with E-state index >= 15 is 0 Å². The second kappa shape index (κ2) is 6.70. The highest BCUT2D eigenvalue weighted by Gasteiger charge is 2.04. The van der Waals surface area contributed by atoms with Gasteiger partial charge in [0, 0.05) is 22.8 Å². The van der Waals surface area contributed by atoms with Gasteiger partial charge in [-0.3, -0.25) is 0 Å². The number of nitrogens with one attached hydrogen (secondary N) is 1. The Labute approximate surface area is 127 Å². The van der Waals surface area contributed by atoms with Gasteiger partial charge in [-0.15, -0.1) is 0 Å². The molecule has 5 heteroatoms. The maximum Gasteiger partial charge on any atom is 0.168 e. The topological polar surface area (TPSA) is 47.0 Å². The van der Waals surface area contributed by atoms with Gasteiger partial charge in [0.05, 0.1) is 0 Å². The smallest absolute Gasteiger partial charge is 0.168 e. The molecule has 0 spiro atoms. The van der Waals surface area contributed by atoms with Gasteiger partial charge in [0.2, 0.25) is 0 Å². The molecular formula is C15H18BrN3O.